The minimum atomic E-state index is -0.833. The first-order valence-corrected chi connectivity index (χ1v) is 13.4. The van der Waals surface area contributed by atoms with Crippen molar-refractivity contribution in [1.29, 1.82) is 0 Å². The van der Waals surface area contributed by atoms with Crippen molar-refractivity contribution in [2.75, 3.05) is 34.4 Å². The van der Waals surface area contributed by atoms with Crippen LogP contribution in [0.25, 0.3) is 0 Å². The molecule has 1 aliphatic carbocycles. The molecular weight excluding hydrogens is 560 g/mol. The average Bonchev–Trinajstić information content (AvgIpc) is 2.94. The second-order valence-corrected chi connectivity index (χ2v) is 9.60. The molecule has 0 bridgehead atoms. The Morgan fingerprint density at radius 2 is 1.74 bits per heavy atom. The summed E-state index contributed by atoms with van der Waals surface area (Å²) in [6, 6.07) is 5.44. The van der Waals surface area contributed by atoms with E-state index in [0.29, 0.717) is 31.4 Å². The monoisotopic (exact) mass is 615 g/mol. The molecule has 1 aromatic rings. The fourth-order valence-corrected chi connectivity index (χ4v) is 3.76. The number of allylic oxidation sites excluding steroid dienone is 6. The van der Waals surface area contributed by atoms with E-state index in [2.05, 4.69) is 31.1 Å². The van der Waals surface area contributed by atoms with Crippen LogP contribution in [0.3, 0.4) is 0 Å². The van der Waals surface area contributed by atoms with Crippen LogP contribution in [0, 0.1) is 19.8 Å². The number of aryl methyl sites for hydroxylation is 2. The van der Waals surface area contributed by atoms with Crippen LogP contribution < -0.4 is 11.5 Å². The third-order valence-corrected chi connectivity index (χ3v) is 5.48. The highest BCUT2D eigenvalue weighted by Crippen LogP contribution is 2.40. The molecular formula is C32H55F2N3O6. The third-order valence-electron chi connectivity index (χ3n) is 5.48. The van der Waals surface area contributed by atoms with Crippen molar-refractivity contribution in [1.82, 2.24) is 11.5 Å². The van der Waals surface area contributed by atoms with Crippen molar-refractivity contribution in [3.8, 4) is 0 Å². The number of aliphatic imine (C=N–C) groups is 1. The Labute approximate surface area is 257 Å². The molecule has 0 saturated heterocycles. The summed E-state index contributed by atoms with van der Waals surface area (Å²) in [7, 11) is 4.25. The van der Waals surface area contributed by atoms with Crippen LogP contribution in [-0.4, -0.2) is 74.9 Å². The maximum absolute atomic E-state index is 14.2. The van der Waals surface area contributed by atoms with Gasteiger partial charge in [0.25, 0.3) is 0 Å². The van der Waals surface area contributed by atoms with Crippen LogP contribution >= 0.6 is 0 Å². The first-order chi connectivity index (χ1) is 19.6. The zero-order chi connectivity index (χ0) is 31.8. The maximum Gasteiger partial charge on any atom is 0.159 e. The molecule has 43 heavy (non-hydrogen) atoms. The number of methoxy groups -OCH3 is 1. The van der Waals surface area contributed by atoms with Crippen LogP contribution in [0.15, 0.2) is 70.5 Å². The SMILES string of the molecule is CC(C)C.CNC(CC=O)C1=C(F)C(F)=CC(c2c(C)cccc2C)C1.CO.COCCN=C/C=C\C(C=O)=C\O.N.O.[HH]. The number of nitrogens with zero attached hydrogens (tertiary/aromatic N) is 1. The topological polar surface area (TPSA) is 175 Å². The average molecular weight is 616 g/mol. The van der Waals surface area contributed by atoms with Gasteiger partial charge in [-0.1, -0.05) is 39.0 Å². The van der Waals surface area contributed by atoms with Crippen molar-refractivity contribution in [3.05, 3.63) is 82.2 Å². The van der Waals surface area contributed by atoms with Crippen LogP contribution in [-0.2, 0) is 14.3 Å². The molecule has 9 nitrogen and oxygen atoms in total. The highest BCUT2D eigenvalue weighted by atomic mass is 19.2. The summed E-state index contributed by atoms with van der Waals surface area (Å²) in [6.07, 6.45) is 8.47. The van der Waals surface area contributed by atoms with E-state index in [4.69, 9.17) is 14.9 Å². The summed E-state index contributed by atoms with van der Waals surface area (Å²) in [5.41, 5.74) is 3.70. The lowest BCUT2D eigenvalue weighted by atomic mass is 9.81. The van der Waals surface area contributed by atoms with E-state index in [1.165, 1.54) is 12.2 Å². The zero-order valence-corrected chi connectivity index (χ0v) is 26.9. The molecule has 0 fully saturated rings. The van der Waals surface area contributed by atoms with Gasteiger partial charge >= 0.3 is 0 Å². The second kappa shape index (κ2) is 28.8. The molecule has 0 radical (unpaired) electrons. The number of halogens is 2. The molecule has 0 aliphatic heterocycles. The summed E-state index contributed by atoms with van der Waals surface area (Å²) in [5, 5.41) is 18.4. The lowest BCUT2D eigenvalue weighted by Crippen LogP contribution is -2.30. The molecule has 248 valence electrons. The summed E-state index contributed by atoms with van der Waals surface area (Å²) in [4.78, 5) is 24.9. The van der Waals surface area contributed by atoms with Gasteiger partial charge < -0.3 is 36.7 Å². The number of aldehydes is 2. The molecule has 2 unspecified atom stereocenters. The summed E-state index contributed by atoms with van der Waals surface area (Å²) >= 11 is 0. The van der Waals surface area contributed by atoms with E-state index in [-0.39, 0.29) is 31.0 Å². The Hall–Kier alpha value is -3.35. The molecule has 0 aromatic heterocycles. The predicted octanol–water partition coefficient (Wildman–Crippen LogP) is 5.80. The number of ether oxygens (including phenoxy) is 1. The Kier molecular flexibility index (Phi) is 31.2. The number of aliphatic hydroxyl groups excluding tert-OH is 2. The highest BCUT2D eigenvalue weighted by molar-refractivity contribution is 5.81. The van der Waals surface area contributed by atoms with Crippen molar-refractivity contribution >= 4 is 18.8 Å². The second-order valence-electron chi connectivity index (χ2n) is 9.60. The Morgan fingerprint density at radius 3 is 2.19 bits per heavy atom. The molecule has 0 saturated carbocycles. The van der Waals surface area contributed by atoms with Gasteiger partial charge in [-0.2, -0.15) is 0 Å². The normalized spacial score (nSPS) is 15.0. The number of benzene rings is 1. The largest absolute Gasteiger partial charge is 0.515 e. The number of hydrogen-bond acceptors (Lipinski definition) is 8. The first kappa shape index (κ1) is 46.6. The number of likely N-dealkylation sites (N-methyl/N-ethyl adjacent to an activating group) is 1. The van der Waals surface area contributed by atoms with Gasteiger partial charge in [-0.3, -0.25) is 9.79 Å². The van der Waals surface area contributed by atoms with Crippen molar-refractivity contribution in [2.24, 2.45) is 10.9 Å². The van der Waals surface area contributed by atoms with Crippen LogP contribution in [0.2, 0.25) is 0 Å². The molecule has 8 N–H and O–H groups in total. The summed E-state index contributed by atoms with van der Waals surface area (Å²) < 4.78 is 33.0. The van der Waals surface area contributed by atoms with Gasteiger partial charge in [0.15, 0.2) is 17.9 Å². The van der Waals surface area contributed by atoms with E-state index in [1.807, 2.05) is 32.0 Å². The number of rotatable bonds is 11. The fraction of sp³-hybridized carbons (Fsp3) is 0.469. The molecule has 0 amide bonds. The number of nitrogens with one attached hydrogen (secondary N) is 1. The predicted molar refractivity (Wildman–Crippen MR) is 175 cm³/mol. The van der Waals surface area contributed by atoms with Gasteiger partial charge in [0.2, 0.25) is 0 Å². The number of carbonyl (C=O) groups is 2. The molecule has 0 heterocycles. The molecule has 11 heteroatoms. The van der Waals surface area contributed by atoms with E-state index < -0.39 is 17.7 Å². The van der Waals surface area contributed by atoms with E-state index in [0.717, 1.165) is 42.3 Å². The Balaban J connectivity index is -0.000000199. The maximum atomic E-state index is 14.2. The lowest BCUT2D eigenvalue weighted by Gasteiger charge is -2.27. The molecule has 1 aliphatic rings. The quantitative estimate of drug-likeness (QED) is 0.0607. The lowest BCUT2D eigenvalue weighted by molar-refractivity contribution is -0.108. The van der Waals surface area contributed by atoms with Crippen molar-refractivity contribution in [2.45, 2.75) is 59.4 Å². The Morgan fingerprint density at radius 1 is 1.19 bits per heavy atom. The van der Waals surface area contributed by atoms with Gasteiger partial charge in [0.1, 0.15) is 6.29 Å². The number of aliphatic hydroxyl groups is 2. The van der Waals surface area contributed by atoms with E-state index in [9.17, 15) is 18.4 Å². The molecule has 0 spiro atoms. The number of hydrogen-bond donors (Lipinski definition) is 4. The zero-order valence-electron chi connectivity index (χ0n) is 26.9. The van der Waals surface area contributed by atoms with Gasteiger partial charge in [-0.05, 0) is 73.7 Å². The molecule has 1 aromatic carbocycles. The summed E-state index contributed by atoms with van der Waals surface area (Å²) in [5.74, 6) is -1.04. The number of carbonyl (C=O) groups excluding carboxylic acids is 2. The standard InChI is InChI=1S/C18H21F2NO.C9H13NO3.C4H10.CH4O.H3N.H2O.H2/c1-11-5-4-6-12(2)17(11)13-9-14(16(21-3)7-8-22)18(20)15(19)10-13;1-13-6-5-10-4-2-3-9(7-11)8-12;1-4(2)3;1-2;;;/h4-6,8,10,13,16,21H,7,9H2,1-3H3;2-4,7-8,11H,5-6H2,1H3;4H,1-3H3;2H,1H3;1H3;1H2;1H/b;3-2-,9-7-,10-4?;;;;;. The summed E-state index contributed by atoms with van der Waals surface area (Å²) in [6.45, 7) is 11.6. The van der Waals surface area contributed by atoms with Gasteiger partial charge in [-0.15, -0.1) is 0 Å². The minimum absolute atomic E-state index is 0. The van der Waals surface area contributed by atoms with E-state index >= 15 is 0 Å². The smallest absolute Gasteiger partial charge is 0.159 e. The minimum Gasteiger partial charge on any atom is -0.515 e. The first-order valence-electron chi connectivity index (χ1n) is 13.4. The molecule has 2 atom stereocenters. The van der Waals surface area contributed by atoms with Crippen molar-refractivity contribution in [3.63, 3.8) is 0 Å². The van der Waals surface area contributed by atoms with Crippen molar-refractivity contribution < 1.29 is 40.2 Å². The van der Waals surface area contributed by atoms with Crippen LogP contribution in [0.5, 0.6) is 0 Å². The molecule has 2 rings (SSSR count). The van der Waals surface area contributed by atoms with Crippen LogP contribution in [0.1, 0.15) is 57.6 Å². The van der Waals surface area contributed by atoms with Gasteiger partial charge in [-0.25, -0.2) is 8.78 Å². The van der Waals surface area contributed by atoms with E-state index in [1.54, 1.807) is 26.4 Å². The highest BCUT2D eigenvalue weighted by Gasteiger charge is 2.29. The Bertz CT molecular complexity index is 1040. The third kappa shape index (κ3) is 19.5. The van der Waals surface area contributed by atoms with Crippen LogP contribution in [0.4, 0.5) is 8.78 Å². The van der Waals surface area contributed by atoms with Gasteiger partial charge in [0, 0.05) is 45.8 Å². The fourth-order valence-electron chi connectivity index (χ4n) is 3.76. The van der Waals surface area contributed by atoms with Gasteiger partial charge in [0.05, 0.1) is 19.4 Å².